The van der Waals surface area contributed by atoms with Crippen molar-refractivity contribution < 1.29 is 18.0 Å². The first kappa shape index (κ1) is 28.5. The van der Waals surface area contributed by atoms with Gasteiger partial charge in [0.2, 0.25) is 21.8 Å². The topological polar surface area (TPSA) is 86.8 Å². The minimum Gasteiger partial charge on any atom is -0.352 e. The van der Waals surface area contributed by atoms with Crippen LogP contribution in [-0.4, -0.2) is 50.0 Å². The zero-order valence-electron chi connectivity index (χ0n) is 19.0. The lowest BCUT2D eigenvalue weighted by Crippen LogP contribution is -2.52. The smallest absolute Gasteiger partial charge is 0.244 e. The lowest BCUT2D eigenvalue weighted by Gasteiger charge is -2.32. The highest BCUT2D eigenvalue weighted by atomic mass is 35.5. The largest absolute Gasteiger partial charge is 0.352 e. The van der Waals surface area contributed by atoms with Crippen LogP contribution in [0.3, 0.4) is 0 Å². The number of benzene rings is 2. The van der Waals surface area contributed by atoms with Crippen molar-refractivity contribution >= 4 is 73.9 Å². The van der Waals surface area contributed by atoms with E-state index >= 15 is 0 Å². The SMILES string of the molecule is CC(C)NC(=O)[C@H](C)N(Cc1c(Cl)cccc1Cl)C(=O)CN(c1cc(Cl)cc(Cl)c1)S(C)(=O)=O. The number of anilines is 1. The number of hydrogen-bond acceptors (Lipinski definition) is 4. The van der Waals surface area contributed by atoms with E-state index in [-0.39, 0.29) is 28.3 Å². The van der Waals surface area contributed by atoms with Crippen molar-refractivity contribution in [3.8, 4) is 0 Å². The molecule has 7 nitrogen and oxygen atoms in total. The molecule has 0 bridgehead atoms. The highest BCUT2D eigenvalue weighted by Gasteiger charge is 2.31. The second-order valence-corrected chi connectivity index (χ2v) is 11.6. The Morgan fingerprint density at radius 3 is 1.97 bits per heavy atom. The summed E-state index contributed by atoms with van der Waals surface area (Å²) < 4.78 is 26.0. The van der Waals surface area contributed by atoms with Crippen molar-refractivity contribution in [3.63, 3.8) is 0 Å². The molecule has 186 valence electrons. The fourth-order valence-electron chi connectivity index (χ4n) is 3.14. The van der Waals surface area contributed by atoms with Crippen molar-refractivity contribution in [2.24, 2.45) is 0 Å². The Kier molecular flexibility index (Phi) is 9.91. The Labute approximate surface area is 220 Å². The van der Waals surface area contributed by atoms with Crippen molar-refractivity contribution in [3.05, 3.63) is 62.1 Å². The fourth-order valence-corrected chi connectivity index (χ4v) is 5.00. The van der Waals surface area contributed by atoms with Gasteiger partial charge in [-0.3, -0.25) is 13.9 Å². The molecule has 12 heteroatoms. The number of halogens is 4. The van der Waals surface area contributed by atoms with Crippen LogP contribution in [0.1, 0.15) is 26.3 Å². The predicted octanol–water partition coefficient (Wildman–Crippen LogP) is 5.01. The van der Waals surface area contributed by atoms with Crippen LogP contribution in [0, 0.1) is 0 Å². The molecule has 1 N–H and O–H groups in total. The van der Waals surface area contributed by atoms with Crippen LogP contribution in [0.15, 0.2) is 36.4 Å². The van der Waals surface area contributed by atoms with E-state index in [1.807, 2.05) is 0 Å². The second-order valence-electron chi connectivity index (χ2n) is 7.96. The number of sulfonamides is 1. The number of nitrogens with zero attached hydrogens (tertiary/aromatic N) is 2. The summed E-state index contributed by atoms with van der Waals surface area (Å²) in [5.41, 5.74) is 0.545. The number of carbonyl (C=O) groups is 2. The van der Waals surface area contributed by atoms with E-state index in [2.05, 4.69) is 5.32 Å². The number of amides is 2. The van der Waals surface area contributed by atoms with Gasteiger partial charge in [-0.15, -0.1) is 0 Å². The molecule has 0 heterocycles. The number of rotatable bonds is 9. The molecule has 0 spiro atoms. The van der Waals surface area contributed by atoms with E-state index in [0.29, 0.717) is 15.6 Å². The molecular weight excluding hydrogens is 544 g/mol. The first-order valence-electron chi connectivity index (χ1n) is 10.2. The Morgan fingerprint density at radius 2 is 1.50 bits per heavy atom. The molecule has 2 rings (SSSR count). The first-order chi connectivity index (χ1) is 15.7. The van der Waals surface area contributed by atoms with Gasteiger partial charge in [0, 0.05) is 38.2 Å². The van der Waals surface area contributed by atoms with Crippen molar-refractivity contribution in [2.75, 3.05) is 17.1 Å². The Morgan fingerprint density at radius 1 is 0.971 bits per heavy atom. The van der Waals surface area contributed by atoms with E-state index in [4.69, 9.17) is 46.4 Å². The molecule has 2 amide bonds. The Hall–Kier alpha value is -1.71. The molecule has 34 heavy (non-hydrogen) atoms. The third-order valence-electron chi connectivity index (χ3n) is 4.80. The van der Waals surface area contributed by atoms with Crippen LogP contribution < -0.4 is 9.62 Å². The molecule has 0 saturated carbocycles. The Balaban J connectivity index is 2.48. The summed E-state index contributed by atoms with van der Waals surface area (Å²) in [4.78, 5) is 27.5. The summed E-state index contributed by atoms with van der Waals surface area (Å²) in [6.45, 7) is 4.40. The molecular formula is C22H25Cl4N3O4S. The van der Waals surface area contributed by atoms with Gasteiger partial charge in [-0.1, -0.05) is 52.5 Å². The van der Waals surface area contributed by atoms with Gasteiger partial charge in [-0.2, -0.15) is 0 Å². The van der Waals surface area contributed by atoms with E-state index in [0.717, 1.165) is 10.6 Å². The van der Waals surface area contributed by atoms with Crippen molar-refractivity contribution in [1.29, 1.82) is 0 Å². The normalized spacial score (nSPS) is 12.4. The molecule has 0 aromatic heterocycles. The van der Waals surface area contributed by atoms with Gasteiger partial charge in [-0.25, -0.2) is 8.42 Å². The third kappa shape index (κ3) is 7.65. The lowest BCUT2D eigenvalue weighted by atomic mass is 10.1. The van der Waals surface area contributed by atoms with Crippen LogP contribution in [0.25, 0.3) is 0 Å². The molecule has 0 aliphatic carbocycles. The van der Waals surface area contributed by atoms with Gasteiger partial charge in [0.15, 0.2) is 0 Å². The summed E-state index contributed by atoms with van der Waals surface area (Å²) in [6, 6.07) is 7.96. The summed E-state index contributed by atoms with van der Waals surface area (Å²) in [5, 5.41) is 3.78. The van der Waals surface area contributed by atoms with Crippen LogP contribution in [0.5, 0.6) is 0 Å². The van der Waals surface area contributed by atoms with Crippen LogP contribution in [-0.2, 0) is 26.2 Å². The van der Waals surface area contributed by atoms with Crippen molar-refractivity contribution in [1.82, 2.24) is 10.2 Å². The molecule has 2 aromatic rings. The fraction of sp³-hybridized carbons (Fsp3) is 0.364. The average Bonchev–Trinajstić information content (AvgIpc) is 2.69. The second kappa shape index (κ2) is 11.8. The zero-order chi connectivity index (χ0) is 25.8. The first-order valence-corrected chi connectivity index (χ1v) is 13.5. The molecule has 0 unspecified atom stereocenters. The molecule has 0 radical (unpaired) electrons. The zero-order valence-corrected chi connectivity index (χ0v) is 22.8. The van der Waals surface area contributed by atoms with Crippen LogP contribution >= 0.6 is 46.4 Å². The van der Waals surface area contributed by atoms with Gasteiger partial charge in [0.25, 0.3) is 0 Å². The molecule has 0 aliphatic heterocycles. The number of nitrogens with one attached hydrogen (secondary N) is 1. The van der Waals surface area contributed by atoms with Crippen LogP contribution in [0.4, 0.5) is 5.69 Å². The maximum atomic E-state index is 13.5. The molecule has 2 aromatic carbocycles. The molecule has 0 saturated heterocycles. The van der Waals surface area contributed by atoms with Gasteiger partial charge in [0.05, 0.1) is 11.9 Å². The molecule has 0 aliphatic rings. The van der Waals surface area contributed by atoms with Gasteiger partial charge in [-0.05, 0) is 51.1 Å². The predicted molar refractivity (Wildman–Crippen MR) is 138 cm³/mol. The quantitative estimate of drug-likeness (QED) is 0.461. The van der Waals surface area contributed by atoms with Gasteiger partial charge < -0.3 is 10.2 Å². The summed E-state index contributed by atoms with van der Waals surface area (Å²) >= 11 is 24.7. The maximum Gasteiger partial charge on any atom is 0.244 e. The van der Waals surface area contributed by atoms with E-state index in [1.165, 1.54) is 23.1 Å². The van der Waals surface area contributed by atoms with Gasteiger partial charge >= 0.3 is 0 Å². The average molecular weight is 569 g/mol. The highest BCUT2D eigenvalue weighted by Crippen LogP contribution is 2.29. The lowest BCUT2D eigenvalue weighted by molar-refractivity contribution is -0.139. The van der Waals surface area contributed by atoms with E-state index < -0.39 is 34.4 Å². The molecule has 1 atom stereocenters. The summed E-state index contributed by atoms with van der Waals surface area (Å²) in [7, 11) is -3.92. The monoisotopic (exact) mass is 567 g/mol. The number of hydrogen-bond donors (Lipinski definition) is 1. The van der Waals surface area contributed by atoms with Crippen LogP contribution in [0.2, 0.25) is 20.1 Å². The summed E-state index contributed by atoms with van der Waals surface area (Å²) in [5.74, 6) is -1.06. The minimum absolute atomic E-state index is 0.113. The molecule has 0 fully saturated rings. The minimum atomic E-state index is -3.92. The third-order valence-corrected chi connectivity index (χ3v) is 7.09. The highest BCUT2D eigenvalue weighted by molar-refractivity contribution is 7.92. The Bertz CT molecular complexity index is 1130. The van der Waals surface area contributed by atoms with Crippen molar-refractivity contribution in [2.45, 2.75) is 39.4 Å². The number of carbonyl (C=O) groups excluding carboxylic acids is 2. The van der Waals surface area contributed by atoms with Gasteiger partial charge in [0.1, 0.15) is 12.6 Å². The summed E-state index contributed by atoms with van der Waals surface area (Å²) in [6.07, 6.45) is 0.958. The maximum absolute atomic E-state index is 13.5. The van der Waals surface area contributed by atoms with E-state index in [9.17, 15) is 18.0 Å². The standard InChI is InChI=1S/C22H25Cl4N3O4S/c1-13(2)27-22(31)14(3)28(11-18-19(25)6-5-7-20(18)26)21(30)12-29(34(4,32)33)17-9-15(23)8-16(24)10-17/h5-10,13-14H,11-12H2,1-4H3,(H,27,31)/t14-/m0/s1. The van der Waals surface area contributed by atoms with E-state index in [1.54, 1.807) is 39.0 Å².